The normalized spacial score (nSPS) is 10.8. The summed E-state index contributed by atoms with van der Waals surface area (Å²) in [6.45, 7) is 7.26. The van der Waals surface area contributed by atoms with E-state index in [1.165, 1.54) is 5.56 Å². The number of nitrogens with zero attached hydrogens (tertiary/aromatic N) is 3. The van der Waals surface area contributed by atoms with Crippen molar-refractivity contribution in [3.05, 3.63) is 59.0 Å². The SMILES string of the molecule is CCn1ncc(CNC(=O)c2cc(-c3ccc(C)cc3)on2)c1C. The predicted molar refractivity (Wildman–Crippen MR) is 90.5 cm³/mol. The average molecular weight is 324 g/mol. The molecule has 1 N–H and O–H groups in total. The Balaban J connectivity index is 1.67. The van der Waals surface area contributed by atoms with Gasteiger partial charge in [0.15, 0.2) is 11.5 Å². The molecule has 1 amide bonds. The monoisotopic (exact) mass is 324 g/mol. The molecule has 1 aromatic carbocycles. The van der Waals surface area contributed by atoms with E-state index in [4.69, 9.17) is 4.52 Å². The molecule has 0 aliphatic heterocycles. The molecule has 0 bridgehead atoms. The molecule has 2 aromatic heterocycles. The second-order valence-corrected chi connectivity index (χ2v) is 5.70. The Morgan fingerprint density at radius 3 is 2.67 bits per heavy atom. The molecule has 24 heavy (non-hydrogen) atoms. The van der Waals surface area contributed by atoms with Gasteiger partial charge in [0.25, 0.3) is 5.91 Å². The first-order valence-electron chi connectivity index (χ1n) is 7.91. The molecule has 0 fully saturated rings. The Hall–Kier alpha value is -2.89. The number of hydrogen-bond donors (Lipinski definition) is 1. The maximum atomic E-state index is 12.2. The molecule has 0 aliphatic rings. The largest absolute Gasteiger partial charge is 0.355 e. The van der Waals surface area contributed by atoms with E-state index in [0.29, 0.717) is 12.3 Å². The van der Waals surface area contributed by atoms with E-state index in [2.05, 4.69) is 15.6 Å². The van der Waals surface area contributed by atoms with Crippen molar-refractivity contribution >= 4 is 5.91 Å². The number of aromatic nitrogens is 3. The molecular weight excluding hydrogens is 304 g/mol. The number of rotatable bonds is 5. The van der Waals surface area contributed by atoms with E-state index in [9.17, 15) is 4.79 Å². The smallest absolute Gasteiger partial charge is 0.273 e. The van der Waals surface area contributed by atoms with Crippen LogP contribution in [0.15, 0.2) is 41.1 Å². The molecule has 2 heterocycles. The molecule has 6 nitrogen and oxygen atoms in total. The van der Waals surface area contributed by atoms with Gasteiger partial charge in [0.2, 0.25) is 0 Å². The van der Waals surface area contributed by atoms with Crippen molar-refractivity contribution in [2.75, 3.05) is 0 Å². The highest BCUT2D eigenvalue weighted by Crippen LogP contribution is 2.20. The lowest BCUT2D eigenvalue weighted by molar-refractivity contribution is 0.0942. The summed E-state index contributed by atoms with van der Waals surface area (Å²) in [7, 11) is 0. The van der Waals surface area contributed by atoms with E-state index in [1.807, 2.05) is 49.7 Å². The van der Waals surface area contributed by atoms with Crippen LogP contribution in [0.3, 0.4) is 0 Å². The highest BCUT2D eigenvalue weighted by molar-refractivity contribution is 5.93. The van der Waals surface area contributed by atoms with Crippen molar-refractivity contribution in [3.63, 3.8) is 0 Å². The van der Waals surface area contributed by atoms with E-state index in [0.717, 1.165) is 23.4 Å². The van der Waals surface area contributed by atoms with Crippen LogP contribution in [-0.2, 0) is 13.1 Å². The maximum absolute atomic E-state index is 12.2. The van der Waals surface area contributed by atoms with Gasteiger partial charge in [-0.05, 0) is 20.8 Å². The van der Waals surface area contributed by atoms with Crippen molar-refractivity contribution in [3.8, 4) is 11.3 Å². The minimum absolute atomic E-state index is 0.263. The molecule has 0 saturated carbocycles. The van der Waals surface area contributed by atoms with Crippen LogP contribution in [0.25, 0.3) is 11.3 Å². The van der Waals surface area contributed by atoms with Gasteiger partial charge in [0.05, 0.1) is 6.20 Å². The minimum atomic E-state index is -0.263. The van der Waals surface area contributed by atoms with Gasteiger partial charge in [-0.2, -0.15) is 5.10 Å². The quantitative estimate of drug-likeness (QED) is 0.782. The predicted octanol–water partition coefficient (Wildman–Crippen LogP) is 3.10. The summed E-state index contributed by atoms with van der Waals surface area (Å²) in [6.07, 6.45) is 1.78. The van der Waals surface area contributed by atoms with E-state index in [1.54, 1.807) is 12.3 Å². The molecule has 0 aliphatic carbocycles. The Kier molecular flexibility index (Phi) is 4.46. The molecule has 0 spiro atoms. The molecule has 0 atom stereocenters. The summed E-state index contributed by atoms with van der Waals surface area (Å²) >= 11 is 0. The van der Waals surface area contributed by atoms with Crippen LogP contribution in [0, 0.1) is 13.8 Å². The number of nitrogens with one attached hydrogen (secondary N) is 1. The van der Waals surface area contributed by atoms with Gasteiger partial charge >= 0.3 is 0 Å². The number of aryl methyl sites for hydroxylation is 2. The number of benzene rings is 1. The Bertz CT molecular complexity index is 846. The summed E-state index contributed by atoms with van der Waals surface area (Å²) in [5.41, 5.74) is 4.38. The van der Waals surface area contributed by atoms with Crippen molar-refractivity contribution in [2.45, 2.75) is 33.9 Å². The van der Waals surface area contributed by atoms with Crippen LogP contribution in [0.2, 0.25) is 0 Å². The molecule has 0 unspecified atom stereocenters. The fourth-order valence-electron chi connectivity index (χ4n) is 2.48. The zero-order chi connectivity index (χ0) is 17.1. The summed E-state index contributed by atoms with van der Waals surface area (Å²) in [5.74, 6) is 0.316. The topological polar surface area (TPSA) is 73.0 Å². The first-order chi connectivity index (χ1) is 11.6. The fourth-order valence-corrected chi connectivity index (χ4v) is 2.48. The number of amides is 1. The molecular formula is C18H20N4O2. The number of hydrogen-bond acceptors (Lipinski definition) is 4. The lowest BCUT2D eigenvalue weighted by atomic mass is 10.1. The average Bonchev–Trinajstić information content (AvgIpc) is 3.20. The summed E-state index contributed by atoms with van der Waals surface area (Å²) in [6, 6.07) is 9.53. The van der Waals surface area contributed by atoms with E-state index in [-0.39, 0.29) is 11.6 Å². The van der Waals surface area contributed by atoms with Gasteiger partial charge in [-0.15, -0.1) is 0 Å². The maximum Gasteiger partial charge on any atom is 0.273 e. The summed E-state index contributed by atoms with van der Waals surface area (Å²) in [4.78, 5) is 12.2. The van der Waals surface area contributed by atoms with Crippen LogP contribution in [0.4, 0.5) is 0 Å². The van der Waals surface area contributed by atoms with Crippen molar-refractivity contribution in [2.24, 2.45) is 0 Å². The highest BCUT2D eigenvalue weighted by atomic mass is 16.5. The summed E-state index contributed by atoms with van der Waals surface area (Å²) < 4.78 is 7.18. The Morgan fingerprint density at radius 2 is 2.00 bits per heavy atom. The third-order valence-electron chi connectivity index (χ3n) is 4.02. The van der Waals surface area contributed by atoms with Crippen LogP contribution >= 0.6 is 0 Å². The standard InChI is InChI=1S/C18H20N4O2/c1-4-22-13(3)15(11-20-22)10-19-18(23)16-9-17(24-21-16)14-7-5-12(2)6-8-14/h5-9,11H,4,10H2,1-3H3,(H,19,23). The molecule has 0 saturated heterocycles. The van der Waals surface area contributed by atoms with Gasteiger partial charge in [-0.3, -0.25) is 9.48 Å². The van der Waals surface area contributed by atoms with Gasteiger partial charge in [0.1, 0.15) is 0 Å². The van der Waals surface area contributed by atoms with Crippen molar-refractivity contribution in [1.29, 1.82) is 0 Å². The molecule has 0 radical (unpaired) electrons. The molecule has 6 heteroatoms. The van der Waals surface area contributed by atoms with Gasteiger partial charge in [0, 0.05) is 36.0 Å². The number of carbonyl (C=O) groups is 1. The van der Waals surface area contributed by atoms with Crippen LogP contribution in [0.1, 0.15) is 34.2 Å². The first-order valence-corrected chi connectivity index (χ1v) is 7.91. The van der Waals surface area contributed by atoms with Crippen LogP contribution in [-0.4, -0.2) is 20.8 Å². The van der Waals surface area contributed by atoms with Crippen LogP contribution in [0.5, 0.6) is 0 Å². The zero-order valence-corrected chi connectivity index (χ0v) is 14.0. The second kappa shape index (κ2) is 6.70. The van der Waals surface area contributed by atoms with Crippen molar-refractivity contribution in [1.82, 2.24) is 20.3 Å². The lowest BCUT2D eigenvalue weighted by Crippen LogP contribution is -2.23. The summed E-state index contributed by atoms with van der Waals surface area (Å²) in [5, 5.41) is 11.0. The van der Waals surface area contributed by atoms with Gasteiger partial charge in [-0.25, -0.2) is 0 Å². The van der Waals surface area contributed by atoms with E-state index >= 15 is 0 Å². The Morgan fingerprint density at radius 1 is 1.25 bits per heavy atom. The third-order valence-corrected chi connectivity index (χ3v) is 4.02. The Labute approximate surface area is 140 Å². The van der Waals surface area contributed by atoms with Crippen molar-refractivity contribution < 1.29 is 9.32 Å². The van der Waals surface area contributed by atoms with Gasteiger partial charge in [-0.1, -0.05) is 35.0 Å². The molecule has 3 rings (SSSR count). The minimum Gasteiger partial charge on any atom is -0.355 e. The number of carbonyl (C=O) groups excluding carboxylic acids is 1. The lowest BCUT2D eigenvalue weighted by Gasteiger charge is -2.03. The highest BCUT2D eigenvalue weighted by Gasteiger charge is 2.14. The zero-order valence-electron chi connectivity index (χ0n) is 14.0. The fraction of sp³-hybridized carbons (Fsp3) is 0.278. The second-order valence-electron chi connectivity index (χ2n) is 5.70. The van der Waals surface area contributed by atoms with Gasteiger partial charge < -0.3 is 9.84 Å². The third kappa shape index (κ3) is 3.22. The van der Waals surface area contributed by atoms with Crippen LogP contribution < -0.4 is 5.32 Å². The molecule has 3 aromatic rings. The first kappa shape index (κ1) is 16.0. The molecule has 124 valence electrons. The van der Waals surface area contributed by atoms with E-state index < -0.39 is 0 Å².